The van der Waals surface area contributed by atoms with Crippen molar-refractivity contribution in [3.05, 3.63) is 0 Å². The summed E-state index contributed by atoms with van der Waals surface area (Å²) in [6.07, 6.45) is 2.33. The summed E-state index contributed by atoms with van der Waals surface area (Å²) in [5.41, 5.74) is 5.31. The van der Waals surface area contributed by atoms with Gasteiger partial charge in [-0.2, -0.15) is 0 Å². The minimum Gasteiger partial charge on any atom is -0.381 e. The Balaban J connectivity index is 2.45. The molecule has 0 aromatic rings. The molecule has 1 rings (SSSR count). The highest BCUT2D eigenvalue weighted by Crippen LogP contribution is 2.16. The molecule has 1 aliphatic rings. The van der Waals surface area contributed by atoms with Crippen LogP contribution < -0.4 is 5.73 Å². The third-order valence-corrected chi connectivity index (χ3v) is 4.69. The molecule has 6 heteroatoms. The second-order valence-electron chi connectivity index (χ2n) is 3.79. The number of nitrogens with zero attached hydrogens (tertiary/aromatic N) is 1. The summed E-state index contributed by atoms with van der Waals surface area (Å²) in [4.78, 5) is 0. The van der Waals surface area contributed by atoms with Gasteiger partial charge >= 0.3 is 0 Å². The number of piperidine rings is 1. The molecule has 0 amide bonds. The Labute approximate surface area is 91.6 Å². The van der Waals surface area contributed by atoms with Crippen LogP contribution in [-0.4, -0.2) is 51.3 Å². The second kappa shape index (κ2) is 5.79. The fourth-order valence-electron chi connectivity index (χ4n) is 1.74. The van der Waals surface area contributed by atoms with Crippen molar-refractivity contribution in [2.75, 3.05) is 32.5 Å². The average molecular weight is 236 g/mol. The molecule has 0 atom stereocenters. The Kier molecular flexibility index (Phi) is 4.98. The third kappa shape index (κ3) is 3.71. The van der Waals surface area contributed by atoms with Crippen molar-refractivity contribution in [3.8, 4) is 0 Å². The Morgan fingerprint density at radius 2 is 2.00 bits per heavy atom. The molecule has 2 N–H and O–H groups in total. The van der Waals surface area contributed by atoms with Gasteiger partial charge in [0.05, 0.1) is 11.9 Å². The SMILES string of the molecule is COC1CCN(S(=O)(=O)CCCN)CC1. The highest BCUT2D eigenvalue weighted by atomic mass is 32.2. The van der Waals surface area contributed by atoms with E-state index in [2.05, 4.69) is 0 Å². The third-order valence-electron chi connectivity index (χ3n) is 2.73. The van der Waals surface area contributed by atoms with Crippen molar-refractivity contribution in [3.63, 3.8) is 0 Å². The van der Waals surface area contributed by atoms with E-state index < -0.39 is 10.0 Å². The van der Waals surface area contributed by atoms with Gasteiger partial charge in [-0.25, -0.2) is 12.7 Å². The molecular weight excluding hydrogens is 216 g/mol. The molecule has 0 bridgehead atoms. The molecule has 0 aliphatic carbocycles. The lowest BCUT2D eigenvalue weighted by molar-refractivity contribution is 0.0604. The van der Waals surface area contributed by atoms with E-state index in [4.69, 9.17) is 10.5 Å². The maximum absolute atomic E-state index is 11.8. The van der Waals surface area contributed by atoms with Crippen LogP contribution in [0.3, 0.4) is 0 Å². The van der Waals surface area contributed by atoms with Crippen LogP contribution in [0.1, 0.15) is 19.3 Å². The van der Waals surface area contributed by atoms with Gasteiger partial charge in [-0.1, -0.05) is 0 Å². The summed E-state index contributed by atoms with van der Waals surface area (Å²) in [5.74, 6) is 0.168. The first kappa shape index (κ1) is 12.9. The summed E-state index contributed by atoms with van der Waals surface area (Å²) in [5, 5.41) is 0. The van der Waals surface area contributed by atoms with Crippen LogP contribution in [0.5, 0.6) is 0 Å². The summed E-state index contributed by atoms with van der Waals surface area (Å²) < 4.78 is 30.3. The van der Waals surface area contributed by atoms with E-state index >= 15 is 0 Å². The zero-order chi connectivity index (χ0) is 11.3. The van der Waals surface area contributed by atoms with Gasteiger partial charge in [0.25, 0.3) is 0 Å². The van der Waals surface area contributed by atoms with Crippen molar-refractivity contribution in [2.45, 2.75) is 25.4 Å². The van der Waals surface area contributed by atoms with Crippen molar-refractivity contribution >= 4 is 10.0 Å². The van der Waals surface area contributed by atoms with Crippen molar-refractivity contribution < 1.29 is 13.2 Å². The fraction of sp³-hybridized carbons (Fsp3) is 1.00. The number of sulfonamides is 1. The molecule has 5 nitrogen and oxygen atoms in total. The predicted molar refractivity (Wildman–Crippen MR) is 59.1 cm³/mol. The van der Waals surface area contributed by atoms with Gasteiger partial charge < -0.3 is 10.5 Å². The molecule has 15 heavy (non-hydrogen) atoms. The van der Waals surface area contributed by atoms with Crippen LogP contribution >= 0.6 is 0 Å². The second-order valence-corrected chi connectivity index (χ2v) is 5.88. The molecule has 0 spiro atoms. The zero-order valence-corrected chi connectivity index (χ0v) is 10.0. The Hall–Kier alpha value is -0.170. The van der Waals surface area contributed by atoms with E-state index in [1.54, 1.807) is 11.4 Å². The molecule has 0 unspecified atom stereocenters. The summed E-state index contributed by atoms with van der Waals surface area (Å²) >= 11 is 0. The van der Waals surface area contributed by atoms with E-state index in [-0.39, 0.29) is 11.9 Å². The van der Waals surface area contributed by atoms with Gasteiger partial charge in [-0.15, -0.1) is 0 Å². The lowest BCUT2D eigenvalue weighted by Crippen LogP contribution is -2.41. The lowest BCUT2D eigenvalue weighted by Gasteiger charge is -2.30. The first-order valence-corrected chi connectivity index (χ1v) is 6.91. The van der Waals surface area contributed by atoms with Gasteiger partial charge in [0.1, 0.15) is 0 Å². The quantitative estimate of drug-likeness (QED) is 0.716. The van der Waals surface area contributed by atoms with Crippen molar-refractivity contribution in [1.82, 2.24) is 4.31 Å². The standard InChI is InChI=1S/C9H20N2O3S/c1-14-9-3-6-11(7-4-9)15(12,13)8-2-5-10/h9H,2-8,10H2,1H3. The highest BCUT2D eigenvalue weighted by molar-refractivity contribution is 7.89. The van der Waals surface area contributed by atoms with Crippen LogP contribution in [0.4, 0.5) is 0 Å². The Bertz CT molecular complexity index is 271. The number of hydrogen-bond donors (Lipinski definition) is 1. The van der Waals surface area contributed by atoms with Crippen LogP contribution in [0, 0.1) is 0 Å². The van der Waals surface area contributed by atoms with Gasteiger partial charge in [-0.05, 0) is 25.8 Å². The molecular formula is C9H20N2O3S. The van der Waals surface area contributed by atoms with Gasteiger partial charge in [0.2, 0.25) is 10.0 Å². The Morgan fingerprint density at radius 3 is 2.47 bits per heavy atom. The topological polar surface area (TPSA) is 72.6 Å². The first-order chi connectivity index (χ1) is 7.10. The molecule has 0 saturated carbocycles. The zero-order valence-electron chi connectivity index (χ0n) is 9.18. The normalized spacial score (nSPS) is 20.7. The highest BCUT2D eigenvalue weighted by Gasteiger charge is 2.27. The molecule has 90 valence electrons. The van der Waals surface area contributed by atoms with Gasteiger partial charge in [0.15, 0.2) is 0 Å². The molecule has 0 aromatic carbocycles. The molecule has 1 aliphatic heterocycles. The first-order valence-electron chi connectivity index (χ1n) is 5.31. The number of ether oxygens (including phenoxy) is 1. The average Bonchev–Trinajstić information content (AvgIpc) is 2.26. The molecule has 0 aromatic heterocycles. The fourth-order valence-corrected chi connectivity index (χ4v) is 3.30. The predicted octanol–water partition coefficient (Wildman–Crippen LogP) is -0.224. The maximum Gasteiger partial charge on any atom is 0.214 e. The smallest absolute Gasteiger partial charge is 0.214 e. The summed E-state index contributed by atoms with van der Waals surface area (Å²) in [6, 6.07) is 0. The lowest BCUT2D eigenvalue weighted by atomic mass is 10.1. The van der Waals surface area contributed by atoms with Crippen LogP contribution in [-0.2, 0) is 14.8 Å². The number of nitrogens with two attached hydrogens (primary N) is 1. The van der Waals surface area contributed by atoms with E-state index in [0.717, 1.165) is 12.8 Å². The maximum atomic E-state index is 11.8. The van der Waals surface area contributed by atoms with Crippen molar-refractivity contribution in [1.29, 1.82) is 0 Å². The monoisotopic (exact) mass is 236 g/mol. The Morgan fingerprint density at radius 1 is 1.40 bits per heavy atom. The van der Waals surface area contributed by atoms with Crippen LogP contribution in [0.25, 0.3) is 0 Å². The molecule has 1 fully saturated rings. The van der Waals surface area contributed by atoms with Crippen LogP contribution in [0.2, 0.25) is 0 Å². The van der Waals surface area contributed by atoms with Gasteiger partial charge in [-0.3, -0.25) is 0 Å². The molecule has 0 radical (unpaired) electrons. The number of methoxy groups -OCH3 is 1. The van der Waals surface area contributed by atoms with Crippen LogP contribution in [0.15, 0.2) is 0 Å². The van der Waals surface area contributed by atoms with E-state index in [1.165, 1.54) is 0 Å². The van der Waals surface area contributed by atoms with Crippen molar-refractivity contribution in [2.24, 2.45) is 5.73 Å². The van der Waals surface area contributed by atoms with E-state index in [1.807, 2.05) is 0 Å². The minimum absolute atomic E-state index is 0.168. The largest absolute Gasteiger partial charge is 0.381 e. The van der Waals surface area contributed by atoms with E-state index in [9.17, 15) is 8.42 Å². The number of hydrogen-bond acceptors (Lipinski definition) is 4. The minimum atomic E-state index is -3.08. The number of rotatable bonds is 5. The summed E-state index contributed by atoms with van der Waals surface area (Å²) in [7, 11) is -1.41. The van der Waals surface area contributed by atoms with E-state index in [0.29, 0.717) is 26.1 Å². The van der Waals surface area contributed by atoms with Gasteiger partial charge in [0, 0.05) is 20.2 Å². The molecule has 1 saturated heterocycles. The molecule has 1 heterocycles. The summed E-state index contributed by atoms with van der Waals surface area (Å²) in [6.45, 7) is 1.57.